The average molecular weight is 363 g/mol. The highest BCUT2D eigenvalue weighted by atomic mass is 31.2. The van der Waals surface area contributed by atoms with Crippen LogP contribution in [-0.4, -0.2) is 58.6 Å². The van der Waals surface area contributed by atoms with E-state index in [1.54, 1.807) is 0 Å². The molecule has 0 aliphatic rings. The molecule has 0 aromatic carbocycles. The summed E-state index contributed by atoms with van der Waals surface area (Å²) in [5.74, 6) is -4.12. The summed E-state index contributed by atoms with van der Waals surface area (Å²) in [6.45, 7) is 1.51. The van der Waals surface area contributed by atoms with Crippen molar-refractivity contribution in [1.29, 1.82) is 0 Å². The highest BCUT2D eigenvalue weighted by Gasteiger charge is 2.58. The van der Waals surface area contributed by atoms with Crippen LogP contribution in [0.4, 0.5) is 0 Å². The summed E-state index contributed by atoms with van der Waals surface area (Å²) in [5, 5.41) is 15.1. The zero-order valence-electron chi connectivity index (χ0n) is 11.6. The van der Waals surface area contributed by atoms with Crippen molar-refractivity contribution < 1.29 is 48.5 Å². The first-order valence-electron chi connectivity index (χ1n) is 6.01. The van der Waals surface area contributed by atoms with Crippen LogP contribution in [0.1, 0.15) is 26.2 Å². The van der Waals surface area contributed by atoms with Gasteiger partial charge in [-0.25, -0.2) is 0 Å². The fraction of sp³-hybridized carbons (Fsp3) is 0.778. The van der Waals surface area contributed by atoms with Crippen molar-refractivity contribution in [2.45, 2.75) is 43.0 Å². The first-order valence-corrected chi connectivity index (χ1v) is 9.31. The maximum absolute atomic E-state index is 11.6. The van der Waals surface area contributed by atoms with E-state index in [2.05, 4.69) is 0 Å². The van der Waals surface area contributed by atoms with E-state index in [-0.39, 0.29) is 6.42 Å². The lowest BCUT2D eigenvalue weighted by molar-refractivity contribution is -0.142. The number of rotatable bonds is 9. The van der Waals surface area contributed by atoms with E-state index in [0.29, 0.717) is 0 Å². The summed E-state index contributed by atoms with van der Waals surface area (Å²) in [6.07, 6.45) is -2.14. The molecule has 0 aliphatic heterocycles. The maximum atomic E-state index is 11.6. The third-order valence-electron chi connectivity index (χ3n) is 3.30. The molecule has 8 N–H and O–H groups in total. The Morgan fingerprint density at radius 2 is 1.55 bits per heavy atom. The number of carbonyl (C=O) groups is 2. The Kier molecular flexibility index (Phi) is 6.92. The molecule has 0 heterocycles. The lowest BCUT2D eigenvalue weighted by atomic mass is 9.93. The number of nitrogens with two attached hydrogens (primary N) is 1. The van der Waals surface area contributed by atoms with Gasteiger partial charge in [-0.2, -0.15) is 0 Å². The van der Waals surface area contributed by atoms with Crippen LogP contribution in [0.25, 0.3) is 0 Å². The van der Waals surface area contributed by atoms with Gasteiger partial charge in [0.15, 0.2) is 10.8 Å². The summed E-state index contributed by atoms with van der Waals surface area (Å²) >= 11 is 0. The second-order valence-corrected chi connectivity index (χ2v) is 8.65. The normalized spacial score (nSPS) is 18.3. The Bertz CT molecular complexity index is 524. The van der Waals surface area contributed by atoms with E-state index < -0.39 is 56.8 Å². The number of carboxylic acids is 2. The second kappa shape index (κ2) is 7.18. The predicted molar refractivity (Wildman–Crippen MR) is 73.4 cm³/mol. The summed E-state index contributed by atoms with van der Waals surface area (Å²) in [6, 6.07) is -1.00. The van der Waals surface area contributed by atoms with Crippen LogP contribution in [0, 0.1) is 0 Å². The van der Waals surface area contributed by atoms with Gasteiger partial charge in [0.05, 0.1) is 0 Å². The zero-order valence-corrected chi connectivity index (χ0v) is 13.4. The van der Waals surface area contributed by atoms with Gasteiger partial charge in [-0.15, -0.1) is 0 Å². The first kappa shape index (κ1) is 21.2. The van der Waals surface area contributed by atoms with Gasteiger partial charge in [0.1, 0.15) is 0 Å². The van der Waals surface area contributed by atoms with Gasteiger partial charge < -0.3 is 35.5 Å². The number of carboxylic acid groups (broad SMARTS) is 2. The van der Waals surface area contributed by atoms with Crippen LogP contribution in [0.5, 0.6) is 0 Å². The number of aliphatic carboxylic acids is 2. The molecule has 0 saturated heterocycles. The molecule has 130 valence electrons. The summed E-state index contributed by atoms with van der Waals surface area (Å²) in [4.78, 5) is 59.1. The van der Waals surface area contributed by atoms with Gasteiger partial charge in [0.25, 0.3) is 0 Å². The third kappa shape index (κ3) is 4.85. The molecule has 0 aromatic rings. The van der Waals surface area contributed by atoms with Crippen LogP contribution in [0.2, 0.25) is 0 Å². The fourth-order valence-electron chi connectivity index (χ4n) is 1.87. The molecule has 0 fully saturated rings. The molecule has 0 aliphatic carbocycles. The van der Waals surface area contributed by atoms with E-state index >= 15 is 0 Å². The van der Waals surface area contributed by atoms with Crippen LogP contribution in [0.3, 0.4) is 0 Å². The minimum absolute atomic E-state index is 0.128. The highest BCUT2D eigenvalue weighted by molar-refractivity contribution is 7.55. The van der Waals surface area contributed by atoms with Crippen molar-refractivity contribution in [2.24, 2.45) is 5.73 Å². The molecule has 0 amide bonds. The summed E-state index contributed by atoms with van der Waals surface area (Å²) in [7, 11) is -10.8. The molecule has 0 rings (SSSR count). The SMILES string of the molecule is CCC(N)CC(CC(C(=O)O)P(=O)(O)O)(C(=O)O)P(=O)(O)O. The molecule has 22 heavy (non-hydrogen) atoms. The fourth-order valence-corrected chi connectivity index (χ4v) is 3.99. The first-order chi connectivity index (χ1) is 9.69. The lowest BCUT2D eigenvalue weighted by Gasteiger charge is -2.34. The van der Waals surface area contributed by atoms with E-state index in [0.717, 1.165) is 0 Å². The minimum Gasteiger partial charge on any atom is -0.481 e. The number of hydrogen-bond donors (Lipinski definition) is 7. The van der Waals surface area contributed by atoms with E-state index in [9.17, 15) is 33.6 Å². The molecule has 3 atom stereocenters. The molecule has 0 spiro atoms. The van der Waals surface area contributed by atoms with Gasteiger partial charge in [-0.05, 0) is 19.3 Å². The summed E-state index contributed by atoms with van der Waals surface area (Å²) < 4.78 is 22.8. The second-order valence-electron chi connectivity index (χ2n) is 4.90. The minimum atomic E-state index is -5.48. The maximum Gasteiger partial charge on any atom is 0.342 e. The molecule has 3 unspecified atom stereocenters. The van der Waals surface area contributed by atoms with Gasteiger partial charge in [0.2, 0.25) is 0 Å². The van der Waals surface area contributed by atoms with Crippen molar-refractivity contribution in [3.8, 4) is 0 Å². The monoisotopic (exact) mass is 363 g/mol. The van der Waals surface area contributed by atoms with Crippen LogP contribution in [-0.2, 0) is 18.7 Å². The van der Waals surface area contributed by atoms with E-state index in [4.69, 9.17) is 20.6 Å². The average Bonchev–Trinajstić information content (AvgIpc) is 2.29. The van der Waals surface area contributed by atoms with Crippen LogP contribution < -0.4 is 5.73 Å². The molecular weight excluding hydrogens is 344 g/mol. The Morgan fingerprint density at radius 1 is 1.09 bits per heavy atom. The van der Waals surface area contributed by atoms with Crippen molar-refractivity contribution in [3.05, 3.63) is 0 Å². The van der Waals surface area contributed by atoms with Crippen LogP contribution in [0.15, 0.2) is 0 Å². The van der Waals surface area contributed by atoms with Crippen molar-refractivity contribution in [3.63, 3.8) is 0 Å². The predicted octanol–water partition coefficient (Wildman–Crippen LogP) is -0.864. The molecule has 13 heteroatoms. The third-order valence-corrected chi connectivity index (χ3v) is 6.19. The van der Waals surface area contributed by atoms with Crippen molar-refractivity contribution >= 4 is 27.1 Å². The van der Waals surface area contributed by atoms with Gasteiger partial charge in [0, 0.05) is 6.04 Å². The Balaban J connectivity index is 6.07. The molecule has 11 nitrogen and oxygen atoms in total. The van der Waals surface area contributed by atoms with Gasteiger partial charge >= 0.3 is 27.1 Å². The zero-order chi connectivity index (χ0) is 17.9. The van der Waals surface area contributed by atoms with Gasteiger partial charge in [-0.3, -0.25) is 18.7 Å². The van der Waals surface area contributed by atoms with E-state index in [1.807, 2.05) is 0 Å². The largest absolute Gasteiger partial charge is 0.481 e. The van der Waals surface area contributed by atoms with Crippen molar-refractivity contribution in [2.75, 3.05) is 0 Å². The number of hydrogen-bond acceptors (Lipinski definition) is 5. The molecule has 0 radical (unpaired) electrons. The topological polar surface area (TPSA) is 216 Å². The Morgan fingerprint density at radius 3 is 1.77 bits per heavy atom. The standard InChI is InChI=1S/C9H19NO10P2/c1-2-5(10)3-9(8(13)14,22(18,19)20)4-6(7(11)12)21(15,16)17/h5-6H,2-4,10H2,1H3,(H,11,12)(H,13,14)(H2,15,16,17)(H2,18,19,20). The quantitative estimate of drug-likeness (QED) is 0.250. The lowest BCUT2D eigenvalue weighted by Crippen LogP contribution is -2.47. The Hall–Kier alpha value is -0.800. The molecule has 0 saturated carbocycles. The molecule has 0 aromatic heterocycles. The highest BCUT2D eigenvalue weighted by Crippen LogP contribution is 2.59. The molecule has 0 bridgehead atoms. The smallest absolute Gasteiger partial charge is 0.342 e. The Labute approximate surface area is 125 Å². The van der Waals surface area contributed by atoms with Gasteiger partial charge in [-0.1, -0.05) is 6.92 Å². The molecular formula is C9H19NO10P2. The van der Waals surface area contributed by atoms with Crippen LogP contribution >= 0.6 is 15.2 Å². The van der Waals surface area contributed by atoms with Crippen molar-refractivity contribution in [1.82, 2.24) is 0 Å². The van der Waals surface area contributed by atoms with E-state index in [1.165, 1.54) is 6.92 Å². The summed E-state index contributed by atoms with van der Waals surface area (Å²) in [5.41, 5.74) is 2.94.